The van der Waals surface area contributed by atoms with Gasteiger partial charge in [-0.3, -0.25) is 10.1 Å². The number of aliphatic hydroxyl groups is 2. The van der Waals surface area contributed by atoms with Gasteiger partial charge in [0, 0.05) is 12.6 Å². The van der Waals surface area contributed by atoms with Crippen molar-refractivity contribution in [3.63, 3.8) is 0 Å². The first-order chi connectivity index (χ1) is 8.38. The van der Waals surface area contributed by atoms with E-state index >= 15 is 0 Å². The lowest BCUT2D eigenvalue weighted by molar-refractivity contribution is -0.387. The van der Waals surface area contributed by atoms with Crippen LogP contribution >= 0.6 is 0 Å². The van der Waals surface area contributed by atoms with Crippen molar-refractivity contribution < 1.29 is 19.5 Å². The van der Waals surface area contributed by atoms with Crippen LogP contribution in [0.3, 0.4) is 0 Å². The van der Waals surface area contributed by atoms with Gasteiger partial charge in [-0.15, -0.1) is 0 Å². The summed E-state index contributed by atoms with van der Waals surface area (Å²) in [4.78, 5) is 9.70. The number of nitrogens with zero attached hydrogens (tertiary/aromatic N) is 1. The molecule has 1 aromatic rings. The van der Waals surface area contributed by atoms with E-state index in [1.807, 2.05) is 0 Å². The van der Waals surface area contributed by atoms with Gasteiger partial charge in [-0.05, 0) is 31.2 Å². The van der Waals surface area contributed by atoms with Crippen molar-refractivity contribution in [2.75, 3.05) is 13.6 Å². The molecule has 2 atom stereocenters. The largest absolute Gasteiger partial charge is 0.389 e. The molecule has 0 aliphatic rings. The third-order valence-electron chi connectivity index (χ3n) is 2.63. The molecule has 100 valence electrons. The molecule has 0 saturated heterocycles. The molecule has 7 heteroatoms. The molecule has 1 rings (SSSR count). The molecule has 0 bridgehead atoms. The zero-order valence-electron chi connectivity index (χ0n) is 10.1. The highest BCUT2D eigenvalue weighted by atomic mass is 19.1. The second-order valence-corrected chi connectivity index (χ2v) is 3.99. The number of nitro groups is 1. The van der Waals surface area contributed by atoms with Crippen molar-refractivity contribution in [2.45, 2.75) is 19.1 Å². The van der Waals surface area contributed by atoms with Crippen LogP contribution in [0.25, 0.3) is 0 Å². The van der Waals surface area contributed by atoms with Crippen LogP contribution in [0.15, 0.2) is 12.1 Å². The van der Waals surface area contributed by atoms with Gasteiger partial charge in [-0.25, -0.2) is 0 Å². The molecule has 0 aliphatic heterocycles. The first kappa shape index (κ1) is 14.5. The molecular formula is C11H15FN2O4. The molecular weight excluding hydrogens is 243 g/mol. The van der Waals surface area contributed by atoms with Gasteiger partial charge in [-0.1, -0.05) is 0 Å². The average Bonchev–Trinajstić information content (AvgIpc) is 2.30. The molecule has 1 aromatic carbocycles. The number of nitrogens with one attached hydrogen (secondary N) is 1. The molecule has 3 N–H and O–H groups in total. The maximum atomic E-state index is 13.4. The summed E-state index contributed by atoms with van der Waals surface area (Å²) in [5.74, 6) is -1.03. The Morgan fingerprint density at radius 1 is 1.50 bits per heavy atom. The predicted octanol–water partition coefficient (Wildman–Crippen LogP) is 0.656. The van der Waals surface area contributed by atoms with Gasteiger partial charge >= 0.3 is 5.69 Å². The van der Waals surface area contributed by atoms with E-state index in [1.54, 1.807) is 7.05 Å². The summed E-state index contributed by atoms with van der Waals surface area (Å²) in [5.41, 5.74) is -0.154. The molecule has 0 amide bonds. The monoisotopic (exact) mass is 258 g/mol. The van der Waals surface area contributed by atoms with Crippen molar-refractivity contribution in [3.8, 4) is 0 Å². The Morgan fingerprint density at radius 3 is 2.61 bits per heavy atom. The minimum absolute atomic E-state index is 0.124. The van der Waals surface area contributed by atoms with Crippen molar-refractivity contribution in [3.05, 3.63) is 39.2 Å². The van der Waals surface area contributed by atoms with E-state index in [0.29, 0.717) is 5.56 Å². The summed E-state index contributed by atoms with van der Waals surface area (Å²) in [6.07, 6.45) is -2.41. The first-order valence-corrected chi connectivity index (χ1v) is 5.33. The summed E-state index contributed by atoms with van der Waals surface area (Å²) < 4.78 is 13.4. The van der Waals surface area contributed by atoms with Crippen LogP contribution in [-0.4, -0.2) is 34.8 Å². The SMILES string of the molecule is CNCC(O)C(O)c1cc(F)c([N+](=O)[O-])cc1C. The van der Waals surface area contributed by atoms with Gasteiger partial charge in [0.2, 0.25) is 5.82 Å². The standard InChI is InChI=1S/C11H15FN2O4/c1-6-3-9(14(17)18)8(12)4-7(6)11(16)10(15)5-13-2/h3-4,10-11,13,15-16H,5H2,1-2H3. The molecule has 0 saturated carbocycles. The fraction of sp³-hybridized carbons (Fsp3) is 0.455. The molecule has 0 spiro atoms. The number of aliphatic hydroxyl groups excluding tert-OH is 2. The minimum Gasteiger partial charge on any atom is -0.389 e. The predicted molar refractivity (Wildman–Crippen MR) is 62.7 cm³/mol. The summed E-state index contributed by atoms with van der Waals surface area (Å²) in [7, 11) is 1.60. The Bertz CT molecular complexity index is 453. The molecule has 0 fully saturated rings. The quantitative estimate of drug-likeness (QED) is 0.532. The third kappa shape index (κ3) is 3.00. The van der Waals surface area contributed by atoms with Crippen molar-refractivity contribution >= 4 is 5.69 Å². The minimum atomic E-state index is -1.30. The number of aryl methyl sites for hydroxylation is 1. The van der Waals surface area contributed by atoms with E-state index in [-0.39, 0.29) is 12.1 Å². The lowest BCUT2D eigenvalue weighted by atomic mass is 9.98. The van der Waals surface area contributed by atoms with Crippen molar-refractivity contribution in [1.82, 2.24) is 5.32 Å². The second kappa shape index (κ2) is 5.85. The van der Waals surface area contributed by atoms with Crippen molar-refractivity contribution in [1.29, 1.82) is 0 Å². The Labute approximate surface area is 103 Å². The summed E-state index contributed by atoms with van der Waals surface area (Å²) in [5, 5.41) is 32.6. The number of nitro benzene ring substituents is 1. The first-order valence-electron chi connectivity index (χ1n) is 5.33. The van der Waals surface area contributed by atoms with E-state index < -0.39 is 28.6 Å². The molecule has 0 aliphatic carbocycles. The topological polar surface area (TPSA) is 95.6 Å². The summed E-state index contributed by atoms with van der Waals surface area (Å²) in [6.45, 7) is 1.64. The van der Waals surface area contributed by atoms with Crippen LogP contribution in [0.1, 0.15) is 17.2 Å². The summed E-state index contributed by atoms with van der Waals surface area (Å²) in [6, 6.07) is 1.93. The third-order valence-corrected chi connectivity index (χ3v) is 2.63. The Hall–Kier alpha value is -1.57. The number of halogens is 1. The van der Waals surface area contributed by atoms with E-state index in [4.69, 9.17) is 0 Å². The maximum absolute atomic E-state index is 13.4. The van der Waals surface area contributed by atoms with E-state index in [9.17, 15) is 24.7 Å². The van der Waals surface area contributed by atoms with Gasteiger partial charge in [0.25, 0.3) is 0 Å². The van der Waals surface area contributed by atoms with Gasteiger partial charge in [0.1, 0.15) is 6.10 Å². The smallest absolute Gasteiger partial charge is 0.305 e. The highest BCUT2D eigenvalue weighted by Gasteiger charge is 2.24. The fourth-order valence-electron chi connectivity index (χ4n) is 1.67. The molecule has 18 heavy (non-hydrogen) atoms. The van der Waals surface area contributed by atoms with E-state index in [0.717, 1.165) is 12.1 Å². The van der Waals surface area contributed by atoms with Crippen LogP contribution in [0, 0.1) is 22.9 Å². The Kier molecular flexibility index (Phi) is 4.71. The highest BCUT2D eigenvalue weighted by Crippen LogP contribution is 2.27. The number of benzene rings is 1. The van der Waals surface area contributed by atoms with E-state index in [2.05, 4.69) is 5.32 Å². The van der Waals surface area contributed by atoms with Crippen LogP contribution < -0.4 is 5.32 Å². The number of likely N-dealkylation sites (N-methyl/N-ethyl adjacent to an activating group) is 1. The van der Waals surface area contributed by atoms with Gasteiger partial charge in [-0.2, -0.15) is 4.39 Å². The number of hydrogen-bond acceptors (Lipinski definition) is 5. The maximum Gasteiger partial charge on any atom is 0.305 e. The average molecular weight is 258 g/mol. The van der Waals surface area contributed by atoms with E-state index in [1.165, 1.54) is 6.92 Å². The molecule has 6 nitrogen and oxygen atoms in total. The number of rotatable bonds is 5. The van der Waals surface area contributed by atoms with Gasteiger partial charge < -0.3 is 15.5 Å². The van der Waals surface area contributed by atoms with Gasteiger partial charge in [0.15, 0.2) is 0 Å². The highest BCUT2D eigenvalue weighted by molar-refractivity contribution is 5.42. The fourth-order valence-corrected chi connectivity index (χ4v) is 1.67. The normalized spacial score (nSPS) is 14.3. The van der Waals surface area contributed by atoms with Crippen molar-refractivity contribution in [2.24, 2.45) is 0 Å². The van der Waals surface area contributed by atoms with Crippen LogP contribution in [0.5, 0.6) is 0 Å². The van der Waals surface area contributed by atoms with Gasteiger partial charge in [0.05, 0.1) is 11.0 Å². The molecule has 2 unspecified atom stereocenters. The molecule has 0 radical (unpaired) electrons. The lowest BCUT2D eigenvalue weighted by Gasteiger charge is -2.19. The van der Waals surface area contributed by atoms with Crippen LogP contribution in [-0.2, 0) is 0 Å². The molecule has 0 heterocycles. The Balaban J connectivity index is 3.11. The zero-order valence-corrected chi connectivity index (χ0v) is 10.1. The molecule has 0 aromatic heterocycles. The lowest BCUT2D eigenvalue weighted by Crippen LogP contribution is -2.30. The zero-order chi connectivity index (χ0) is 13.9. The van der Waals surface area contributed by atoms with Crippen LogP contribution in [0.2, 0.25) is 0 Å². The second-order valence-electron chi connectivity index (χ2n) is 3.99. The van der Waals surface area contributed by atoms with Crippen LogP contribution in [0.4, 0.5) is 10.1 Å². The summed E-state index contributed by atoms with van der Waals surface area (Å²) >= 11 is 0. The number of hydrogen-bond donors (Lipinski definition) is 3. The Morgan fingerprint density at radius 2 is 2.11 bits per heavy atom.